The smallest absolute Gasteiger partial charge is 0.173 e. The highest BCUT2D eigenvalue weighted by Gasteiger charge is 2.08. The van der Waals surface area contributed by atoms with Gasteiger partial charge in [-0.15, -0.1) is 0 Å². The molecule has 0 fully saturated rings. The molecule has 1 heterocycles. The molecule has 0 atom stereocenters. The van der Waals surface area contributed by atoms with Crippen LogP contribution in [0, 0.1) is 0 Å². The summed E-state index contributed by atoms with van der Waals surface area (Å²) >= 11 is 1.27. The van der Waals surface area contributed by atoms with E-state index in [0.29, 0.717) is 12.2 Å². The number of nitrogens with zero attached hydrogens (tertiary/aromatic N) is 2. The second kappa shape index (κ2) is 5.05. The number of hydrogen-bond acceptors (Lipinski definition) is 5. The maximum atomic E-state index is 11.0. The van der Waals surface area contributed by atoms with Crippen molar-refractivity contribution >= 4 is 17.3 Å². The molecular weight excluding hydrogens is 236 g/mol. The zero-order valence-electron chi connectivity index (χ0n) is 9.64. The van der Waals surface area contributed by atoms with Crippen molar-refractivity contribution in [3.05, 3.63) is 29.3 Å². The van der Waals surface area contributed by atoms with E-state index in [9.17, 15) is 4.79 Å². The van der Waals surface area contributed by atoms with Gasteiger partial charge in [-0.05, 0) is 42.7 Å². The number of carbonyl (C=O) groups is 1. The third-order valence-electron chi connectivity index (χ3n) is 2.22. The molecule has 0 saturated carbocycles. The van der Waals surface area contributed by atoms with Gasteiger partial charge in [-0.3, -0.25) is 4.79 Å². The Kier molecular flexibility index (Phi) is 3.49. The van der Waals surface area contributed by atoms with Crippen molar-refractivity contribution in [1.82, 2.24) is 9.36 Å². The minimum atomic E-state index is 0.0995. The van der Waals surface area contributed by atoms with Crippen LogP contribution in [0.2, 0.25) is 0 Å². The second-order valence-electron chi connectivity index (χ2n) is 3.62. The van der Waals surface area contributed by atoms with Gasteiger partial charge in [0.1, 0.15) is 16.5 Å². The largest absolute Gasteiger partial charge is 0.497 e. The zero-order valence-corrected chi connectivity index (χ0v) is 10.5. The third kappa shape index (κ3) is 2.88. The van der Waals surface area contributed by atoms with Crippen LogP contribution in [0.15, 0.2) is 24.3 Å². The Morgan fingerprint density at radius 3 is 2.65 bits per heavy atom. The van der Waals surface area contributed by atoms with E-state index < -0.39 is 0 Å². The van der Waals surface area contributed by atoms with Crippen LogP contribution in [0.3, 0.4) is 0 Å². The summed E-state index contributed by atoms with van der Waals surface area (Å²) in [6.07, 6.45) is 0.355. The SMILES string of the molecule is COc1ccc(-c2nsc(CC(C)=O)n2)cc1. The number of ether oxygens (including phenoxy) is 1. The molecule has 5 heteroatoms. The fourth-order valence-electron chi connectivity index (χ4n) is 1.40. The van der Waals surface area contributed by atoms with Gasteiger partial charge in [0.05, 0.1) is 13.5 Å². The van der Waals surface area contributed by atoms with E-state index in [4.69, 9.17) is 4.74 Å². The van der Waals surface area contributed by atoms with Crippen LogP contribution in [0.1, 0.15) is 11.9 Å². The van der Waals surface area contributed by atoms with E-state index in [1.54, 1.807) is 14.0 Å². The van der Waals surface area contributed by atoms with Crippen molar-refractivity contribution in [2.45, 2.75) is 13.3 Å². The standard InChI is InChI=1S/C12H12N2O2S/c1-8(15)7-11-13-12(14-17-11)9-3-5-10(16-2)6-4-9/h3-6H,7H2,1-2H3. The molecule has 17 heavy (non-hydrogen) atoms. The summed E-state index contributed by atoms with van der Waals surface area (Å²) in [7, 11) is 1.63. The molecule has 1 aromatic heterocycles. The lowest BCUT2D eigenvalue weighted by molar-refractivity contribution is -0.116. The Morgan fingerprint density at radius 1 is 1.35 bits per heavy atom. The summed E-state index contributed by atoms with van der Waals surface area (Å²) in [5, 5.41) is 0.753. The van der Waals surface area contributed by atoms with Gasteiger partial charge in [0.25, 0.3) is 0 Å². The predicted molar refractivity (Wildman–Crippen MR) is 66.3 cm³/mol. The van der Waals surface area contributed by atoms with Crippen molar-refractivity contribution < 1.29 is 9.53 Å². The fourth-order valence-corrected chi connectivity index (χ4v) is 2.13. The van der Waals surface area contributed by atoms with Crippen molar-refractivity contribution in [1.29, 1.82) is 0 Å². The molecule has 0 amide bonds. The highest BCUT2D eigenvalue weighted by atomic mass is 32.1. The third-order valence-corrected chi connectivity index (χ3v) is 2.93. The highest BCUT2D eigenvalue weighted by molar-refractivity contribution is 7.05. The van der Waals surface area contributed by atoms with Crippen LogP contribution in [-0.2, 0) is 11.2 Å². The van der Waals surface area contributed by atoms with E-state index in [0.717, 1.165) is 16.3 Å². The Morgan fingerprint density at radius 2 is 2.06 bits per heavy atom. The lowest BCUT2D eigenvalue weighted by atomic mass is 10.2. The first-order chi connectivity index (χ1) is 8.19. The van der Waals surface area contributed by atoms with Crippen molar-refractivity contribution in [3.8, 4) is 17.1 Å². The lowest BCUT2D eigenvalue weighted by Gasteiger charge is -1.99. The van der Waals surface area contributed by atoms with E-state index in [1.807, 2.05) is 24.3 Å². The number of benzene rings is 1. The number of carbonyl (C=O) groups excluding carboxylic acids is 1. The Labute approximate surface area is 103 Å². The number of aromatic nitrogens is 2. The summed E-state index contributed by atoms with van der Waals surface area (Å²) in [5.74, 6) is 1.56. The summed E-state index contributed by atoms with van der Waals surface area (Å²) < 4.78 is 9.31. The van der Waals surface area contributed by atoms with Crippen molar-refractivity contribution in [3.63, 3.8) is 0 Å². The van der Waals surface area contributed by atoms with Crippen LogP contribution in [0.5, 0.6) is 5.75 Å². The maximum absolute atomic E-state index is 11.0. The maximum Gasteiger partial charge on any atom is 0.173 e. The summed E-state index contributed by atoms with van der Waals surface area (Å²) in [4.78, 5) is 15.3. The van der Waals surface area contributed by atoms with Gasteiger partial charge in [-0.25, -0.2) is 4.98 Å². The predicted octanol–water partition coefficient (Wildman–Crippen LogP) is 2.35. The van der Waals surface area contributed by atoms with Gasteiger partial charge >= 0.3 is 0 Å². The fraction of sp³-hybridized carbons (Fsp3) is 0.250. The number of Topliss-reactive ketones (excluding diaryl/α,β-unsaturated/α-hetero) is 1. The average molecular weight is 248 g/mol. The Hall–Kier alpha value is -1.75. The normalized spacial score (nSPS) is 10.2. The number of rotatable bonds is 4. The van der Waals surface area contributed by atoms with Gasteiger partial charge < -0.3 is 4.74 Å². The van der Waals surface area contributed by atoms with Crippen molar-refractivity contribution in [2.24, 2.45) is 0 Å². The van der Waals surface area contributed by atoms with Crippen LogP contribution in [0.4, 0.5) is 0 Å². The first kappa shape index (κ1) is 11.7. The number of ketones is 1. The van der Waals surface area contributed by atoms with E-state index in [1.165, 1.54) is 11.5 Å². The summed E-state index contributed by atoms with van der Waals surface area (Å²) in [5.41, 5.74) is 0.928. The molecule has 2 rings (SSSR count). The quantitative estimate of drug-likeness (QED) is 0.833. The first-order valence-corrected chi connectivity index (χ1v) is 5.93. The molecule has 1 aromatic carbocycles. The van der Waals surface area contributed by atoms with Crippen LogP contribution >= 0.6 is 11.5 Å². The van der Waals surface area contributed by atoms with Gasteiger partial charge in [0, 0.05) is 5.56 Å². The monoisotopic (exact) mass is 248 g/mol. The molecule has 0 unspecified atom stereocenters. The molecule has 0 radical (unpaired) electrons. The number of hydrogen-bond donors (Lipinski definition) is 0. The topological polar surface area (TPSA) is 52.1 Å². The van der Waals surface area contributed by atoms with Crippen LogP contribution in [-0.4, -0.2) is 22.3 Å². The van der Waals surface area contributed by atoms with Crippen LogP contribution in [0.25, 0.3) is 11.4 Å². The molecule has 0 aliphatic rings. The molecule has 88 valence electrons. The minimum absolute atomic E-state index is 0.0995. The summed E-state index contributed by atoms with van der Waals surface area (Å²) in [6, 6.07) is 7.53. The van der Waals surface area contributed by atoms with Gasteiger partial charge in [-0.1, -0.05) is 0 Å². The summed E-state index contributed by atoms with van der Waals surface area (Å²) in [6.45, 7) is 1.55. The minimum Gasteiger partial charge on any atom is -0.497 e. The molecule has 0 bridgehead atoms. The molecule has 0 N–H and O–H groups in total. The van der Waals surface area contributed by atoms with Gasteiger partial charge in [-0.2, -0.15) is 4.37 Å². The molecule has 0 aliphatic carbocycles. The molecular formula is C12H12N2O2S. The molecule has 4 nitrogen and oxygen atoms in total. The van der Waals surface area contributed by atoms with Gasteiger partial charge in [0.2, 0.25) is 0 Å². The molecule has 0 saturated heterocycles. The molecule has 0 spiro atoms. The second-order valence-corrected chi connectivity index (χ2v) is 4.46. The van der Waals surface area contributed by atoms with Crippen molar-refractivity contribution in [2.75, 3.05) is 7.11 Å². The average Bonchev–Trinajstić information content (AvgIpc) is 2.77. The lowest BCUT2D eigenvalue weighted by Crippen LogP contribution is -1.95. The Bertz CT molecular complexity index is 520. The first-order valence-electron chi connectivity index (χ1n) is 5.15. The Balaban J connectivity index is 2.21. The zero-order chi connectivity index (χ0) is 12.3. The molecule has 0 aliphatic heterocycles. The molecule has 2 aromatic rings. The van der Waals surface area contributed by atoms with E-state index in [-0.39, 0.29) is 5.78 Å². The van der Waals surface area contributed by atoms with Crippen LogP contribution < -0.4 is 4.74 Å². The number of methoxy groups -OCH3 is 1. The van der Waals surface area contributed by atoms with E-state index in [2.05, 4.69) is 9.36 Å². The van der Waals surface area contributed by atoms with Gasteiger partial charge in [0.15, 0.2) is 5.82 Å². The van der Waals surface area contributed by atoms with E-state index >= 15 is 0 Å². The highest BCUT2D eigenvalue weighted by Crippen LogP contribution is 2.21.